The van der Waals surface area contributed by atoms with Crippen LogP contribution in [0.2, 0.25) is 0 Å². The number of nitrogens with zero attached hydrogens (tertiary/aromatic N) is 2. The second-order valence-electron chi connectivity index (χ2n) is 11.0. The monoisotopic (exact) mass is 534 g/mol. The summed E-state index contributed by atoms with van der Waals surface area (Å²) in [5.41, 5.74) is 9.67. The maximum atomic E-state index is 2.46. The fourth-order valence-electron chi connectivity index (χ4n) is 6.90. The summed E-state index contributed by atoms with van der Waals surface area (Å²) in [5, 5.41) is 7.54. The van der Waals surface area contributed by atoms with E-state index in [1.54, 1.807) is 0 Å². The average Bonchev–Trinajstić information content (AvgIpc) is 3.58. The number of benzene rings is 7. The lowest BCUT2D eigenvalue weighted by molar-refractivity contribution is 1.17. The lowest BCUT2D eigenvalue weighted by atomic mass is 9.99. The average molecular weight is 535 g/mol. The molecule has 196 valence electrons. The van der Waals surface area contributed by atoms with E-state index in [2.05, 4.69) is 167 Å². The minimum absolute atomic E-state index is 1.17. The van der Waals surface area contributed by atoms with E-state index in [0.717, 1.165) is 0 Å². The zero-order valence-corrected chi connectivity index (χ0v) is 22.9. The second kappa shape index (κ2) is 8.95. The van der Waals surface area contributed by atoms with Crippen molar-refractivity contribution in [3.63, 3.8) is 0 Å². The molecule has 0 aliphatic heterocycles. The molecule has 2 heterocycles. The summed E-state index contributed by atoms with van der Waals surface area (Å²) in [6, 6.07) is 57.2. The maximum absolute atomic E-state index is 2.46. The Morgan fingerprint density at radius 1 is 0.310 bits per heavy atom. The molecule has 2 heteroatoms. The first-order valence-electron chi connectivity index (χ1n) is 14.5. The van der Waals surface area contributed by atoms with Crippen molar-refractivity contribution >= 4 is 54.4 Å². The molecule has 0 bridgehead atoms. The fraction of sp³-hybridized carbons (Fsp3) is 0. The van der Waals surface area contributed by atoms with Crippen LogP contribution in [0.5, 0.6) is 0 Å². The van der Waals surface area contributed by atoms with Gasteiger partial charge in [-0.05, 0) is 47.2 Å². The van der Waals surface area contributed by atoms with E-state index in [-0.39, 0.29) is 0 Å². The molecular formula is C40H26N2. The molecule has 0 fully saturated rings. The molecule has 0 saturated carbocycles. The van der Waals surface area contributed by atoms with Gasteiger partial charge >= 0.3 is 0 Å². The van der Waals surface area contributed by atoms with Gasteiger partial charge in [0.25, 0.3) is 0 Å². The van der Waals surface area contributed by atoms with Crippen LogP contribution in [0.4, 0.5) is 0 Å². The smallest absolute Gasteiger partial charge is 0.0620 e. The molecule has 2 nitrogen and oxygen atoms in total. The summed E-state index contributed by atoms with van der Waals surface area (Å²) < 4.78 is 4.89. The third-order valence-corrected chi connectivity index (χ3v) is 8.69. The third-order valence-electron chi connectivity index (χ3n) is 8.69. The van der Waals surface area contributed by atoms with E-state index in [1.165, 1.54) is 76.9 Å². The normalized spacial score (nSPS) is 11.8. The standard InChI is InChI=1S/C40H26N2/c1-2-14-29(15-3-1)41-37-22-8-6-16-31(37)33-18-10-20-35(39(33)41)36-21-11-19-34-32-17-7-9-23-38(32)42(40(34)36)30-25-24-27-12-4-5-13-28(27)26-30/h1-26H. The number of hydrogen-bond donors (Lipinski definition) is 0. The molecular weight excluding hydrogens is 508 g/mol. The van der Waals surface area contributed by atoms with Crippen molar-refractivity contribution in [3.05, 3.63) is 158 Å². The first-order chi connectivity index (χ1) is 20.9. The van der Waals surface area contributed by atoms with Gasteiger partial charge in [0, 0.05) is 44.0 Å². The van der Waals surface area contributed by atoms with Gasteiger partial charge in [-0.3, -0.25) is 0 Å². The fourth-order valence-corrected chi connectivity index (χ4v) is 6.90. The Labute approximate surface area is 243 Å². The first kappa shape index (κ1) is 23.1. The predicted octanol–water partition coefficient (Wildman–Crippen LogP) is 10.7. The van der Waals surface area contributed by atoms with Crippen molar-refractivity contribution < 1.29 is 0 Å². The van der Waals surface area contributed by atoms with Crippen LogP contribution in [0.1, 0.15) is 0 Å². The Hall–Kier alpha value is -5.60. The summed E-state index contributed by atoms with van der Waals surface area (Å²) >= 11 is 0. The van der Waals surface area contributed by atoms with E-state index in [0.29, 0.717) is 0 Å². The quantitative estimate of drug-likeness (QED) is 0.213. The van der Waals surface area contributed by atoms with Crippen LogP contribution in [-0.2, 0) is 0 Å². The van der Waals surface area contributed by atoms with Crippen LogP contribution >= 0.6 is 0 Å². The Kier molecular flexibility index (Phi) is 4.93. The number of para-hydroxylation sites is 5. The van der Waals surface area contributed by atoms with E-state index in [1.807, 2.05) is 0 Å². The molecule has 9 rings (SSSR count). The van der Waals surface area contributed by atoms with Crippen molar-refractivity contribution in [2.75, 3.05) is 0 Å². The molecule has 0 N–H and O–H groups in total. The van der Waals surface area contributed by atoms with Gasteiger partial charge < -0.3 is 9.13 Å². The van der Waals surface area contributed by atoms with Gasteiger partial charge in [0.1, 0.15) is 0 Å². The van der Waals surface area contributed by atoms with Gasteiger partial charge in [-0.1, -0.05) is 121 Å². The summed E-state index contributed by atoms with van der Waals surface area (Å²) in [5.74, 6) is 0. The minimum Gasteiger partial charge on any atom is -0.309 e. The Morgan fingerprint density at radius 3 is 1.45 bits per heavy atom. The van der Waals surface area contributed by atoms with Crippen molar-refractivity contribution in [2.45, 2.75) is 0 Å². The zero-order chi connectivity index (χ0) is 27.6. The topological polar surface area (TPSA) is 9.86 Å². The third kappa shape index (κ3) is 3.27. The molecule has 7 aromatic carbocycles. The lowest BCUT2D eigenvalue weighted by Gasteiger charge is -2.15. The van der Waals surface area contributed by atoms with Crippen LogP contribution in [0.25, 0.3) is 76.9 Å². The predicted molar refractivity (Wildman–Crippen MR) is 178 cm³/mol. The summed E-state index contributed by atoms with van der Waals surface area (Å²) in [7, 11) is 0. The molecule has 9 aromatic rings. The van der Waals surface area contributed by atoms with Gasteiger partial charge in [-0.25, -0.2) is 0 Å². The van der Waals surface area contributed by atoms with Gasteiger partial charge in [0.15, 0.2) is 0 Å². The molecule has 2 aromatic heterocycles. The van der Waals surface area contributed by atoms with E-state index in [9.17, 15) is 0 Å². The highest BCUT2D eigenvalue weighted by Crippen LogP contribution is 2.43. The SMILES string of the molecule is c1ccc(-n2c3ccccc3c3cccc(-c4cccc5c6ccccc6n(-c6ccc7ccccc7c6)c45)c32)cc1. The highest BCUT2D eigenvalue weighted by molar-refractivity contribution is 6.19. The van der Waals surface area contributed by atoms with Crippen LogP contribution in [-0.4, -0.2) is 9.13 Å². The van der Waals surface area contributed by atoms with Crippen LogP contribution in [0.3, 0.4) is 0 Å². The van der Waals surface area contributed by atoms with Crippen LogP contribution in [0.15, 0.2) is 158 Å². The minimum atomic E-state index is 1.17. The van der Waals surface area contributed by atoms with E-state index < -0.39 is 0 Å². The number of fused-ring (bicyclic) bond motifs is 7. The molecule has 0 aliphatic carbocycles. The van der Waals surface area contributed by atoms with Gasteiger partial charge in [-0.2, -0.15) is 0 Å². The van der Waals surface area contributed by atoms with Crippen molar-refractivity contribution in [3.8, 4) is 22.5 Å². The number of rotatable bonds is 3. The Balaban J connectivity index is 1.45. The Bertz CT molecular complexity index is 2460. The zero-order valence-electron chi connectivity index (χ0n) is 22.9. The molecule has 0 unspecified atom stereocenters. The molecule has 0 atom stereocenters. The maximum Gasteiger partial charge on any atom is 0.0620 e. The van der Waals surface area contributed by atoms with Crippen molar-refractivity contribution in [1.82, 2.24) is 9.13 Å². The molecule has 42 heavy (non-hydrogen) atoms. The largest absolute Gasteiger partial charge is 0.309 e. The van der Waals surface area contributed by atoms with Gasteiger partial charge in [0.2, 0.25) is 0 Å². The number of aromatic nitrogens is 2. The highest BCUT2D eigenvalue weighted by Gasteiger charge is 2.21. The van der Waals surface area contributed by atoms with Gasteiger partial charge in [-0.15, -0.1) is 0 Å². The van der Waals surface area contributed by atoms with Crippen molar-refractivity contribution in [1.29, 1.82) is 0 Å². The lowest BCUT2D eigenvalue weighted by Crippen LogP contribution is -1.98. The summed E-state index contributed by atoms with van der Waals surface area (Å²) in [6.45, 7) is 0. The van der Waals surface area contributed by atoms with Crippen LogP contribution in [0, 0.1) is 0 Å². The Morgan fingerprint density at radius 2 is 0.810 bits per heavy atom. The summed E-state index contributed by atoms with van der Waals surface area (Å²) in [6.07, 6.45) is 0. The van der Waals surface area contributed by atoms with Crippen LogP contribution < -0.4 is 0 Å². The van der Waals surface area contributed by atoms with Crippen molar-refractivity contribution in [2.24, 2.45) is 0 Å². The molecule has 0 spiro atoms. The molecule has 0 radical (unpaired) electrons. The highest BCUT2D eigenvalue weighted by atomic mass is 15.0. The molecule has 0 amide bonds. The first-order valence-corrected chi connectivity index (χ1v) is 14.5. The van der Waals surface area contributed by atoms with E-state index in [4.69, 9.17) is 0 Å². The summed E-state index contributed by atoms with van der Waals surface area (Å²) in [4.78, 5) is 0. The second-order valence-corrected chi connectivity index (χ2v) is 11.0. The van der Waals surface area contributed by atoms with E-state index >= 15 is 0 Å². The number of hydrogen-bond acceptors (Lipinski definition) is 0. The van der Waals surface area contributed by atoms with Gasteiger partial charge in [0.05, 0.1) is 22.1 Å². The molecule has 0 saturated heterocycles. The molecule has 0 aliphatic rings.